The standard InChI is InChI=1S/C36H48N2O3/c1-4-5-6-7-8-9-10-11-12-13-14-15-16-17-18-19-20-21-35(39)37-26-27-38-36(40)30(2)31-22-23-33-29-34(41-3)25-24-32(33)28-31/h5-6,8-9,11-12,14-15,17-18,22-25,28-30H,4,7,10,13,16,19-21,26-27H2,1-3H3,(H,37,39)(H,38,40)/t30-/m0/s1. The zero-order valence-corrected chi connectivity index (χ0v) is 25.1. The molecule has 0 heterocycles. The van der Waals surface area contributed by atoms with Gasteiger partial charge < -0.3 is 15.4 Å². The van der Waals surface area contributed by atoms with Crippen molar-refractivity contribution in [1.29, 1.82) is 0 Å². The fraction of sp³-hybridized carbons (Fsp3) is 0.389. The monoisotopic (exact) mass is 556 g/mol. The Hall–Kier alpha value is -3.86. The number of ether oxygens (including phenoxy) is 1. The van der Waals surface area contributed by atoms with Gasteiger partial charge in [0.2, 0.25) is 11.8 Å². The number of amides is 2. The normalized spacial score (nSPS) is 12.9. The Morgan fingerprint density at radius 1 is 0.756 bits per heavy atom. The number of nitrogens with one attached hydrogen (secondary N) is 2. The van der Waals surface area contributed by atoms with E-state index in [1.54, 1.807) is 7.11 Å². The van der Waals surface area contributed by atoms with Gasteiger partial charge in [-0.2, -0.15) is 0 Å². The first kappa shape index (κ1) is 33.3. The molecule has 0 radical (unpaired) electrons. The van der Waals surface area contributed by atoms with Crippen LogP contribution in [0, 0.1) is 0 Å². The highest BCUT2D eigenvalue weighted by molar-refractivity contribution is 5.88. The number of allylic oxidation sites excluding steroid dienone is 10. The van der Waals surface area contributed by atoms with Crippen LogP contribution < -0.4 is 15.4 Å². The van der Waals surface area contributed by atoms with Crippen LogP contribution >= 0.6 is 0 Å². The van der Waals surface area contributed by atoms with Crippen molar-refractivity contribution >= 4 is 22.6 Å². The van der Waals surface area contributed by atoms with Gasteiger partial charge in [0, 0.05) is 19.5 Å². The summed E-state index contributed by atoms with van der Waals surface area (Å²) in [5, 5.41) is 7.96. The van der Waals surface area contributed by atoms with E-state index in [2.05, 4.69) is 78.3 Å². The predicted octanol–water partition coefficient (Wildman–Crippen LogP) is 8.11. The van der Waals surface area contributed by atoms with E-state index in [0.29, 0.717) is 19.5 Å². The van der Waals surface area contributed by atoms with Gasteiger partial charge in [-0.1, -0.05) is 91.9 Å². The largest absolute Gasteiger partial charge is 0.497 e. The molecule has 0 aromatic heterocycles. The van der Waals surface area contributed by atoms with E-state index in [0.717, 1.165) is 67.0 Å². The van der Waals surface area contributed by atoms with E-state index in [9.17, 15) is 9.59 Å². The van der Waals surface area contributed by atoms with Gasteiger partial charge in [0.15, 0.2) is 0 Å². The molecule has 1 atom stereocenters. The molecule has 2 N–H and O–H groups in total. The van der Waals surface area contributed by atoms with Crippen molar-refractivity contribution in [2.45, 2.75) is 71.1 Å². The van der Waals surface area contributed by atoms with Crippen LogP contribution in [-0.2, 0) is 9.59 Å². The maximum Gasteiger partial charge on any atom is 0.227 e. The summed E-state index contributed by atoms with van der Waals surface area (Å²) in [6, 6.07) is 11.9. The van der Waals surface area contributed by atoms with Gasteiger partial charge in [-0.15, -0.1) is 0 Å². The number of unbranched alkanes of at least 4 members (excludes halogenated alkanes) is 1. The number of carbonyl (C=O) groups is 2. The summed E-state index contributed by atoms with van der Waals surface area (Å²) in [6.07, 6.45) is 29.0. The maximum atomic E-state index is 12.6. The van der Waals surface area contributed by atoms with Crippen LogP contribution in [0.2, 0.25) is 0 Å². The van der Waals surface area contributed by atoms with E-state index in [1.807, 2.05) is 43.3 Å². The van der Waals surface area contributed by atoms with Crippen molar-refractivity contribution in [2.24, 2.45) is 0 Å². The summed E-state index contributed by atoms with van der Waals surface area (Å²) in [5.74, 6) is 0.503. The zero-order valence-electron chi connectivity index (χ0n) is 25.1. The SMILES string of the molecule is CCC=CCC=CCC=CCC=CCC=CCCCC(=O)NCCNC(=O)[C@@H](C)c1ccc2cc(OC)ccc2c1. The summed E-state index contributed by atoms with van der Waals surface area (Å²) in [6.45, 7) is 4.88. The first-order valence-electron chi connectivity index (χ1n) is 14.9. The summed E-state index contributed by atoms with van der Waals surface area (Å²) in [5.41, 5.74) is 0.958. The van der Waals surface area contributed by atoms with Crippen molar-refractivity contribution in [1.82, 2.24) is 10.6 Å². The van der Waals surface area contributed by atoms with Crippen LogP contribution in [0.15, 0.2) is 97.2 Å². The second kappa shape index (κ2) is 21.0. The maximum absolute atomic E-state index is 12.6. The molecule has 0 unspecified atom stereocenters. The Bertz CT molecular complexity index is 1210. The zero-order chi connectivity index (χ0) is 29.5. The topological polar surface area (TPSA) is 67.4 Å². The van der Waals surface area contributed by atoms with Crippen molar-refractivity contribution in [3.8, 4) is 5.75 Å². The molecule has 0 saturated heterocycles. The van der Waals surface area contributed by atoms with E-state index in [4.69, 9.17) is 4.74 Å². The molecular weight excluding hydrogens is 508 g/mol. The van der Waals surface area contributed by atoms with Gasteiger partial charge in [0.25, 0.3) is 0 Å². The molecule has 2 rings (SSSR count). The number of benzene rings is 2. The van der Waals surface area contributed by atoms with Crippen LogP contribution in [0.1, 0.15) is 76.7 Å². The average molecular weight is 557 g/mol. The second-order valence-corrected chi connectivity index (χ2v) is 9.94. The van der Waals surface area contributed by atoms with Gasteiger partial charge >= 0.3 is 0 Å². The third kappa shape index (κ3) is 14.4. The van der Waals surface area contributed by atoms with Gasteiger partial charge in [-0.05, 0) is 80.3 Å². The number of carbonyl (C=O) groups excluding carboxylic acids is 2. The molecule has 0 saturated carbocycles. The fourth-order valence-corrected chi connectivity index (χ4v) is 4.17. The molecule has 2 amide bonds. The van der Waals surface area contributed by atoms with E-state index >= 15 is 0 Å². The van der Waals surface area contributed by atoms with Gasteiger partial charge in [-0.25, -0.2) is 0 Å². The summed E-state index contributed by atoms with van der Waals surface area (Å²) >= 11 is 0. The number of methoxy groups -OCH3 is 1. The Labute approximate surface area is 247 Å². The molecule has 0 fully saturated rings. The number of fused-ring (bicyclic) bond motifs is 1. The molecule has 5 nitrogen and oxygen atoms in total. The minimum Gasteiger partial charge on any atom is -0.497 e. The minimum atomic E-state index is -0.277. The quantitative estimate of drug-likeness (QED) is 0.136. The lowest BCUT2D eigenvalue weighted by Gasteiger charge is -2.14. The molecule has 2 aromatic carbocycles. The van der Waals surface area contributed by atoms with Crippen molar-refractivity contribution in [2.75, 3.05) is 20.2 Å². The molecule has 0 spiro atoms. The van der Waals surface area contributed by atoms with Crippen LogP contribution in [-0.4, -0.2) is 32.0 Å². The highest BCUT2D eigenvalue weighted by Gasteiger charge is 2.15. The summed E-state index contributed by atoms with van der Waals surface area (Å²) in [4.78, 5) is 24.7. The number of rotatable bonds is 19. The second-order valence-electron chi connectivity index (χ2n) is 9.94. The molecule has 220 valence electrons. The van der Waals surface area contributed by atoms with E-state index in [1.165, 1.54) is 0 Å². The van der Waals surface area contributed by atoms with Crippen molar-refractivity contribution < 1.29 is 14.3 Å². The number of hydrogen-bond donors (Lipinski definition) is 2. The summed E-state index contributed by atoms with van der Waals surface area (Å²) in [7, 11) is 1.65. The Balaban J connectivity index is 1.50. The van der Waals surface area contributed by atoms with Gasteiger partial charge in [-0.3, -0.25) is 9.59 Å². The van der Waals surface area contributed by atoms with Gasteiger partial charge in [0.05, 0.1) is 13.0 Å². The molecule has 0 aliphatic heterocycles. The highest BCUT2D eigenvalue weighted by atomic mass is 16.5. The minimum absolute atomic E-state index is 0.0182. The highest BCUT2D eigenvalue weighted by Crippen LogP contribution is 2.25. The molecular formula is C36H48N2O3. The average Bonchev–Trinajstić information content (AvgIpc) is 2.99. The Morgan fingerprint density at radius 3 is 1.95 bits per heavy atom. The van der Waals surface area contributed by atoms with Crippen LogP contribution in [0.25, 0.3) is 10.8 Å². The molecule has 0 aliphatic carbocycles. The van der Waals surface area contributed by atoms with E-state index in [-0.39, 0.29) is 17.7 Å². The smallest absolute Gasteiger partial charge is 0.227 e. The lowest BCUT2D eigenvalue weighted by atomic mass is 9.97. The third-order valence-electron chi connectivity index (χ3n) is 6.64. The van der Waals surface area contributed by atoms with Gasteiger partial charge in [0.1, 0.15) is 5.75 Å². The fourth-order valence-electron chi connectivity index (χ4n) is 4.17. The Morgan fingerprint density at radius 2 is 1.32 bits per heavy atom. The Kier molecular flexibility index (Phi) is 17.0. The molecule has 2 aromatic rings. The third-order valence-corrected chi connectivity index (χ3v) is 6.64. The molecule has 41 heavy (non-hydrogen) atoms. The molecule has 5 heteroatoms. The van der Waals surface area contributed by atoms with Crippen molar-refractivity contribution in [3.63, 3.8) is 0 Å². The molecule has 0 bridgehead atoms. The number of hydrogen-bond acceptors (Lipinski definition) is 3. The van der Waals surface area contributed by atoms with Crippen LogP contribution in [0.4, 0.5) is 0 Å². The van der Waals surface area contributed by atoms with E-state index < -0.39 is 0 Å². The first-order valence-corrected chi connectivity index (χ1v) is 14.9. The summed E-state index contributed by atoms with van der Waals surface area (Å²) < 4.78 is 5.28. The molecule has 0 aliphatic rings. The van der Waals surface area contributed by atoms with Crippen molar-refractivity contribution in [3.05, 3.63) is 103 Å². The lowest BCUT2D eigenvalue weighted by Crippen LogP contribution is -2.36. The predicted molar refractivity (Wildman–Crippen MR) is 173 cm³/mol. The first-order chi connectivity index (χ1) is 20.0. The lowest BCUT2D eigenvalue weighted by molar-refractivity contribution is -0.123. The van der Waals surface area contributed by atoms with Crippen LogP contribution in [0.5, 0.6) is 5.75 Å². The van der Waals surface area contributed by atoms with Crippen LogP contribution in [0.3, 0.4) is 0 Å².